The van der Waals surface area contributed by atoms with Gasteiger partial charge in [0.25, 0.3) is 5.69 Å². The fourth-order valence-corrected chi connectivity index (χ4v) is 2.29. The smallest absolute Gasteiger partial charge is 0.274 e. The molecular formula is C11H11ClN2O3S. The van der Waals surface area contributed by atoms with Crippen LogP contribution in [0.15, 0.2) is 35.0 Å². The maximum atomic E-state index is 10.9. The first-order valence-electron chi connectivity index (χ1n) is 4.84. The molecule has 1 aromatic carbocycles. The third-order valence-electron chi connectivity index (χ3n) is 2.45. The van der Waals surface area contributed by atoms with Gasteiger partial charge in [-0.2, -0.15) is 11.3 Å². The Morgan fingerprint density at radius 3 is 2.67 bits per heavy atom. The number of nitro benzene ring substituents is 1. The SMILES string of the molecule is Cl.N[C@@H](c1ccsc1)c1cc(O)ccc1[N+](=O)[O-]. The lowest BCUT2D eigenvalue weighted by Gasteiger charge is -2.11. The van der Waals surface area contributed by atoms with Crippen molar-refractivity contribution < 1.29 is 10.0 Å². The molecule has 0 aliphatic heterocycles. The number of halogens is 1. The summed E-state index contributed by atoms with van der Waals surface area (Å²) >= 11 is 1.47. The summed E-state index contributed by atoms with van der Waals surface area (Å²) in [7, 11) is 0. The zero-order chi connectivity index (χ0) is 12.4. The summed E-state index contributed by atoms with van der Waals surface area (Å²) in [4.78, 5) is 10.4. The Morgan fingerprint density at radius 1 is 1.39 bits per heavy atom. The molecule has 0 amide bonds. The van der Waals surface area contributed by atoms with Gasteiger partial charge < -0.3 is 10.8 Å². The van der Waals surface area contributed by atoms with Gasteiger partial charge in [-0.15, -0.1) is 12.4 Å². The number of nitro groups is 1. The molecular weight excluding hydrogens is 276 g/mol. The van der Waals surface area contributed by atoms with Crippen molar-refractivity contribution in [3.63, 3.8) is 0 Å². The molecule has 0 unspecified atom stereocenters. The molecule has 0 aliphatic rings. The van der Waals surface area contributed by atoms with Crippen molar-refractivity contribution in [2.24, 2.45) is 5.73 Å². The van der Waals surface area contributed by atoms with E-state index in [9.17, 15) is 15.2 Å². The Balaban J connectivity index is 0.00000162. The molecule has 1 atom stereocenters. The first-order valence-corrected chi connectivity index (χ1v) is 5.79. The van der Waals surface area contributed by atoms with E-state index >= 15 is 0 Å². The maximum Gasteiger partial charge on any atom is 0.274 e. The number of thiophene rings is 1. The van der Waals surface area contributed by atoms with Crippen molar-refractivity contribution in [1.29, 1.82) is 0 Å². The predicted octanol–water partition coefficient (Wildman–Crippen LogP) is 2.83. The molecule has 96 valence electrons. The van der Waals surface area contributed by atoms with Crippen LogP contribution in [-0.4, -0.2) is 10.0 Å². The summed E-state index contributed by atoms with van der Waals surface area (Å²) in [5.41, 5.74) is 6.99. The summed E-state index contributed by atoms with van der Waals surface area (Å²) in [6, 6.07) is 5.08. The number of aromatic hydroxyl groups is 1. The average Bonchev–Trinajstić information content (AvgIpc) is 2.80. The van der Waals surface area contributed by atoms with Crippen LogP contribution < -0.4 is 5.73 Å². The van der Waals surface area contributed by atoms with Gasteiger partial charge in [-0.25, -0.2) is 0 Å². The Labute approximate surface area is 113 Å². The molecule has 18 heavy (non-hydrogen) atoms. The molecule has 0 fully saturated rings. The van der Waals surface area contributed by atoms with Crippen LogP contribution in [0.2, 0.25) is 0 Å². The van der Waals surface area contributed by atoms with Gasteiger partial charge in [0.05, 0.1) is 16.5 Å². The number of phenols is 1. The van der Waals surface area contributed by atoms with Crippen molar-refractivity contribution in [2.45, 2.75) is 6.04 Å². The van der Waals surface area contributed by atoms with Crippen LogP contribution in [-0.2, 0) is 0 Å². The van der Waals surface area contributed by atoms with Crippen LogP contribution in [0.1, 0.15) is 17.2 Å². The van der Waals surface area contributed by atoms with Gasteiger partial charge in [-0.1, -0.05) is 0 Å². The minimum Gasteiger partial charge on any atom is -0.508 e. The van der Waals surface area contributed by atoms with Crippen LogP contribution in [0.5, 0.6) is 5.75 Å². The molecule has 2 rings (SSSR count). The monoisotopic (exact) mass is 286 g/mol. The first kappa shape index (κ1) is 14.4. The molecule has 1 heterocycles. The summed E-state index contributed by atoms with van der Waals surface area (Å²) in [5, 5.41) is 24.0. The number of nitrogens with zero attached hydrogens (tertiary/aromatic N) is 1. The van der Waals surface area contributed by atoms with Crippen LogP contribution in [0.25, 0.3) is 0 Å². The van der Waals surface area contributed by atoms with Crippen LogP contribution >= 0.6 is 23.7 Å². The lowest BCUT2D eigenvalue weighted by atomic mass is 10.0. The molecule has 1 aromatic heterocycles. The second-order valence-electron chi connectivity index (χ2n) is 3.53. The number of hydrogen-bond donors (Lipinski definition) is 2. The third-order valence-corrected chi connectivity index (χ3v) is 3.15. The number of benzene rings is 1. The van der Waals surface area contributed by atoms with Crippen molar-refractivity contribution in [2.75, 3.05) is 0 Å². The minimum absolute atomic E-state index is 0. The largest absolute Gasteiger partial charge is 0.508 e. The molecule has 0 spiro atoms. The van der Waals surface area contributed by atoms with E-state index in [-0.39, 0.29) is 23.8 Å². The van der Waals surface area contributed by atoms with Gasteiger partial charge in [-0.3, -0.25) is 10.1 Å². The van der Waals surface area contributed by atoms with Gasteiger partial charge in [0.1, 0.15) is 5.75 Å². The molecule has 7 heteroatoms. The van der Waals surface area contributed by atoms with Gasteiger partial charge in [0.15, 0.2) is 0 Å². The topological polar surface area (TPSA) is 89.4 Å². The fourth-order valence-electron chi connectivity index (χ4n) is 1.59. The van der Waals surface area contributed by atoms with Gasteiger partial charge in [0, 0.05) is 6.07 Å². The first-order chi connectivity index (χ1) is 8.09. The van der Waals surface area contributed by atoms with Crippen LogP contribution in [0, 0.1) is 10.1 Å². The zero-order valence-electron chi connectivity index (χ0n) is 9.15. The Morgan fingerprint density at radius 2 is 2.11 bits per heavy atom. The van der Waals surface area contributed by atoms with E-state index in [1.54, 1.807) is 0 Å². The number of rotatable bonds is 3. The number of phenolic OH excluding ortho intramolecular Hbond substituents is 1. The van der Waals surface area contributed by atoms with Crippen molar-refractivity contribution in [1.82, 2.24) is 0 Å². The Hall–Kier alpha value is -1.63. The molecule has 5 nitrogen and oxygen atoms in total. The van der Waals surface area contributed by atoms with Crippen molar-refractivity contribution in [3.05, 3.63) is 56.3 Å². The Bertz CT molecular complexity index is 545. The van der Waals surface area contributed by atoms with Crippen LogP contribution in [0.4, 0.5) is 5.69 Å². The second-order valence-corrected chi connectivity index (χ2v) is 4.31. The lowest BCUT2D eigenvalue weighted by Crippen LogP contribution is -2.12. The standard InChI is InChI=1S/C11H10N2O3S.ClH/c12-11(7-3-4-17-6-7)9-5-8(14)1-2-10(9)13(15)16;/h1-6,11,14H,12H2;1H/t11-;/m0./s1. The van der Waals surface area contributed by atoms with E-state index in [4.69, 9.17) is 5.73 Å². The Kier molecular flexibility index (Phi) is 4.66. The summed E-state index contributed by atoms with van der Waals surface area (Å²) < 4.78 is 0. The maximum absolute atomic E-state index is 10.9. The van der Waals surface area contributed by atoms with E-state index < -0.39 is 11.0 Å². The highest BCUT2D eigenvalue weighted by atomic mass is 35.5. The van der Waals surface area contributed by atoms with E-state index in [1.165, 1.54) is 29.5 Å². The number of hydrogen-bond acceptors (Lipinski definition) is 5. The predicted molar refractivity (Wildman–Crippen MR) is 72.4 cm³/mol. The summed E-state index contributed by atoms with van der Waals surface area (Å²) in [5.74, 6) is -0.0312. The molecule has 3 N–H and O–H groups in total. The summed E-state index contributed by atoms with van der Waals surface area (Å²) in [6.07, 6.45) is 0. The van der Waals surface area contributed by atoms with Crippen LogP contribution in [0.3, 0.4) is 0 Å². The third kappa shape index (κ3) is 2.79. The second kappa shape index (κ2) is 5.81. The average molecular weight is 287 g/mol. The van der Waals surface area contributed by atoms with E-state index in [1.807, 2.05) is 16.8 Å². The normalized spacial score (nSPS) is 11.6. The van der Waals surface area contributed by atoms with Gasteiger partial charge in [0.2, 0.25) is 0 Å². The molecule has 0 saturated carbocycles. The zero-order valence-corrected chi connectivity index (χ0v) is 10.8. The number of nitrogens with two attached hydrogens (primary N) is 1. The molecule has 0 aliphatic carbocycles. The van der Waals surface area contributed by atoms with E-state index in [2.05, 4.69) is 0 Å². The highest BCUT2D eigenvalue weighted by molar-refractivity contribution is 7.08. The highest BCUT2D eigenvalue weighted by Gasteiger charge is 2.21. The molecule has 2 aromatic rings. The van der Waals surface area contributed by atoms with E-state index in [0.29, 0.717) is 5.56 Å². The van der Waals surface area contributed by atoms with E-state index in [0.717, 1.165) is 5.56 Å². The minimum atomic E-state index is -0.603. The van der Waals surface area contributed by atoms with Gasteiger partial charge >= 0.3 is 0 Å². The quantitative estimate of drug-likeness (QED) is 0.670. The molecule has 0 saturated heterocycles. The highest BCUT2D eigenvalue weighted by Crippen LogP contribution is 2.31. The lowest BCUT2D eigenvalue weighted by molar-refractivity contribution is -0.385. The molecule has 0 bridgehead atoms. The van der Waals surface area contributed by atoms with Gasteiger partial charge in [-0.05, 0) is 34.5 Å². The van der Waals surface area contributed by atoms with Crippen molar-refractivity contribution in [3.8, 4) is 5.75 Å². The summed E-state index contributed by atoms with van der Waals surface area (Å²) in [6.45, 7) is 0. The van der Waals surface area contributed by atoms with Crippen molar-refractivity contribution >= 4 is 29.4 Å². The fraction of sp³-hybridized carbons (Fsp3) is 0.0909. The molecule has 0 radical (unpaired) electrons.